The van der Waals surface area contributed by atoms with Crippen molar-refractivity contribution in [1.29, 1.82) is 0 Å². The molecule has 32 heavy (non-hydrogen) atoms. The second kappa shape index (κ2) is 9.05. The molecule has 1 fully saturated rings. The Morgan fingerprint density at radius 1 is 1.28 bits per heavy atom. The van der Waals surface area contributed by atoms with Crippen LogP contribution in [0.2, 0.25) is 5.02 Å². The predicted octanol–water partition coefficient (Wildman–Crippen LogP) is 3.83. The number of sulfonamides is 1. The van der Waals surface area contributed by atoms with Gasteiger partial charge >= 0.3 is 0 Å². The van der Waals surface area contributed by atoms with Crippen molar-refractivity contribution in [1.82, 2.24) is 14.3 Å². The number of halogens is 2. The molecule has 4 rings (SSSR count). The van der Waals surface area contributed by atoms with Crippen LogP contribution < -0.4 is 14.8 Å². The van der Waals surface area contributed by atoms with Gasteiger partial charge in [0.1, 0.15) is 12.1 Å². The molecule has 8 nitrogen and oxygen atoms in total. The SMILES string of the molecule is COc1cc2ncnc(Nc3cccc(Cl)c3F)c2cc1OCC1CCN(S(C)(=O)=O)C1. The van der Waals surface area contributed by atoms with E-state index in [0.717, 1.165) is 0 Å². The van der Waals surface area contributed by atoms with Gasteiger partial charge in [-0.05, 0) is 24.6 Å². The largest absolute Gasteiger partial charge is 0.493 e. The number of anilines is 2. The van der Waals surface area contributed by atoms with Gasteiger partial charge in [-0.25, -0.2) is 27.1 Å². The Morgan fingerprint density at radius 2 is 2.09 bits per heavy atom. The number of aromatic nitrogens is 2. The predicted molar refractivity (Wildman–Crippen MR) is 121 cm³/mol. The van der Waals surface area contributed by atoms with E-state index >= 15 is 0 Å². The smallest absolute Gasteiger partial charge is 0.211 e. The van der Waals surface area contributed by atoms with Crippen LogP contribution in [0.15, 0.2) is 36.7 Å². The molecule has 1 N–H and O–H groups in total. The lowest BCUT2D eigenvalue weighted by Gasteiger charge is -2.17. The maximum atomic E-state index is 14.4. The highest BCUT2D eigenvalue weighted by Gasteiger charge is 2.29. The van der Waals surface area contributed by atoms with Gasteiger partial charge in [0.25, 0.3) is 0 Å². The zero-order valence-corrected chi connectivity index (χ0v) is 19.1. The van der Waals surface area contributed by atoms with Crippen LogP contribution in [0.5, 0.6) is 11.5 Å². The summed E-state index contributed by atoms with van der Waals surface area (Å²) >= 11 is 5.88. The minimum atomic E-state index is -3.21. The molecule has 1 atom stereocenters. The van der Waals surface area contributed by atoms with Crippen molar-refractivity contribution in [3.05, 3.63) is 47.5 Å². The van der Waals surface area contributed by atoms with Gasteiger partial charge < -0.3 is 14.8 Å². The molecule has 0 radical (unpaired) electrons. The first-order valence-corrected chi connectivity index (χ1v) is 12.1. The molecule has 2 aromatic carbocycles. The van der Waals surface area contributed by atoms with Crippen molar-refractivity contribution in [3.63, 3.8) is 0 Å². The Kier molecular flexibility index (Phi) is 6.36. The van der Waals surface area contributed by atoms with E-state index in [0.29, 0.717) is 54.3 Å². The Balaban J connectivity index is 1.60. The Morgan fingerprint density at radius 3 is 2.81 bits per heavy atom. The van der Waals surface area contributed by atoms with Crippen molar-refractivity contribution >= 4 is 44.0 Å². The number of fused-ring (bicyclic) bond motifs is 1. The summed E-state index contributed by atoms with van der Waals surface area (Å²) in [5, 5.41) is 3.56. The number of benzene rings is 2. The van der Waals surface area contributed by atoms with Crippen LogP contribution >= 0.6 is 11.6 Å². The Hall–Kier alpha value is -2.69. The molecule has 11 heteroatoms. The van der Waals surface area contributed by atoms with Crippen LogP contribution in [0.1, 0.15) is 6.42 Å². The molecule has 1 saturated heterocycles. The fourth-order valence-corrected chi connectivity index (χ4v) is 4.70. The topological polar surface area (TPSA) is 93.7 Å². The summed E-state index contributed by atoms with van der Waals surface area (Å²) in [5.41, 5.74) is 0.765. The fraction of sp³-hybridized carbons (Fsp3) is 0.333. The standard InChI is InChI=1S/C21H22ClFN4O4S/c1-30-18-9-17-14(8-19(18)31-11-13-6-7-27(10-13)32(2,28)29)21(25-12-24-17)26-16-5-3-4-15(22)20(16)23/h3-5,8-9,12-13H,6-7,10-11H2,1-2H3,(H,24,25,26). The van der Waals surface area contributed by atoms with Crippen molar-refractivity contribution in [2.24, 2.45) is 5.92 Å². The zero-order valence-electron chi connectivity index (χ0n) is 17.5. The number of nitrogens with one attached hydrogen (secondary N) is 1. The molecule has 1 aliphatic rings. The summed E-state index contributed by atoms with van der Waals surface area (Å²) in [6.45, 7) is 1.22. The van der Waals surface area contributed by atoms with E-state index in [1.807, 2.05) is 0 Å². The van der Waals surface area contributed by atoms with E-state index in [4.69, 9.17) is 21.1 Å². The molecule has 1 unspecified atom stereocenters. The number of methoxy groups -OCH3 is 1. The number of hydrogen-bond acceptors (Lipinski definition) is 7. The molecule has 0 spiro atoms. The van der Waals surface area contributed by atoms with Gasteiger partial charge in [0.15, 0.2) is 17.3 Å². The molecular weight excluding hydrogens is 459 g/mol. The first-order chi connectivity index (χ1) is 15.3. The van der Waals surface area contributed by atoms with E-state index < -0.39 is 15.8 Å². The molecule has 170 valence electrons. The zero-order chi connectivity index (χ0) is 22.9. The summed E-state index contributed by atoms with van der Waals surface area (Å²) in [7, 11) is -1.69. The fourth-order valence-electron chi connectivity index (χ4n) is 3.61. The van der Waals surface area contributed by atoms with Gasteiger partial charge in [-0.15, -0.1) is 0 Å². The van der Waals surface area contributed by atoms with Crippen LogP contribution in [-0.4, -0.2) is 55.8 Å². The maximum absolute atomic E-state index is 14.4. The number of ether oxygens (including phenoxy) is 2. The molecule has 1 aromatic heterocycles. The number of hydrogen-bond donors (Lipinski definition) is 1. The minimum absolute atomic E-state index is 0.00115. The Bertz CT molecular complexity index is 1260. The second-order valence-corrected chi connectivity index (χ2v) is 9.95. The molecule has 0 saturated carbocycles. The first-order valence-electron chi connectivity index (χ1n) is 9.88. The average molecular weight is 481 g/mol. The number of rotatable bonds is 7. The monoisotopic (exact) mass is 480 g/mol. The Labute approximate surface area is 190 Å². The summed E-state index contributed by atoms with van der Waals surface area (Å²) < 4.78 is 50.8. The number of nitrogens with zero attached hydrogens (tertiary/aromatic N) is 3. The molecule has 2 heterocycles. The quantitative estimate of drug-likeness (QED) is 0.549. The van der Waals surface area contributed by atoms with Gasteiger partial charge in [-0.2, -0.15) is 0 Å². The lowest BCUT2D eigenvalue weighted by Crippen LogP contribution is -2.28. The molecule has 0 aliphatic carbocycles. The van der Waals surface area contributed by atoms with Crippen molar-refractivity contribution in [2.75, 3.05) is 38.4 Å². The van der Waals surface area contributed by atoms with Crippen molar-refractivity contribution in [2.45, 2.75) is 6.42 Å². The van der Waals surface area contributed by atoms with E-state index in [1.165, 1.54) is 30.1 Å². The lowest BCUT2D eigenvalue weighted by molar-refractivity contribution is 0.244. The normalized spacial score (nSPS) is 16.9. The third kappa shape index (κ3) is 4.72. The molecular formula is C21H22ClFN4O4S. The van der Waals surface area contributed by atoms with Gasteiger partial charge in [0.2, 0.25) is 10.0 Å². The summed E-state index contributed by atoms with van der Waals surface area (Å²) in [4.78, 5) is 8.51. The van der Waals surface area contributed by atoms with Crippen LogP contribution in [0.3, 0.4) is 0 Å². The summed E-state index contributed by atoms with van der Waals surface area (Å²) in [5.74, 6) is 0.807. The van der Waals surface area contributed by atoms with E-state index in [9.17, 15) is 12.8 Å². The molecule has 0 bridgehead atoms. The highest BCUT2D eigenvalue weighted by Crippen LogP contribution is 2.36. The van der Waals surface area contributed by atoms with Crippen molar-refractivity contribution < 1.29 is 22.3 Å². The molecule has 1 aliphatic heterocycles. The third-order valence-corrected chi connectivity index (χ3v) is 6.88. The first kappa shape index (κ1) is 22.5. The maximum Gasteiger partial charge on any atom is 0.211 e. The molecule has 0 amide bonds. The lowest BCUT2D eigenvalue weighted by atomic mass is 10.1. The third-order valence-electron chi connectivity index (χ3n) is 5.32. The van der Waals surface area contributed by atoms with Gasteiger partial charge in [-0.1, -0.05) is 17.7 Å². The van der Waals surface area contributed by atoms with Gasteiger partial charge in [-0.3, -0.25) is 0 Å². The summed E-state index contributed by atoms with van der Waals surface area (Å²) in [6.07, 6.45) is 3.29. The minimum Gasteiger partial charge on any atom is -0.493 e. The van der Waals surface area contributed by atoms with Gasteiger partial charge in [0, 0.05) is 30.5 Å². The van der Waals surface area contributed by atoms with E-state index in [2.05, 4.69) is 15.3 Å². The van der Waals surface area contributed by atoms with Crippen molar-refractivity contribution in [3.8, 4) is 11.5 Å². The van der Waals surface area contributed by atoms with E-state index in [1.54, 1.807) is 24.3 Å². The van der Waals surface area contributed by atoms with E-state index in [-0.39, 0.29) is 16.6 Å². The van der Waals surface area contributed by atoms with Crippen LogP contribution in [0.25, 0.3) is 10.9 Å². The van der Waals surface area contributed by atoms with Crippen LogP contribution in [0.4, 0.5) is 15.9 Å². The second-order valence-electron chi connectivity index (χ2n) is 7.56. The summed E-state index contributed by atoms with van der Waals surface area (Å²) in [6, 6.07) is 8.09. The van der Waals surface area contributed by atoms with Gasteiger partial charge in [0.05, 0.1) is 36.2 Å². The average Bonchev–Trinajstić information content (AvgIpc) is 3.25. The van der Waals surface area contributed by atoms with Crippen LogP contribution in [0, 0.1) is 11.7 Å². The highest BCUT2D eigenvalue weighted by atomic mass is 35.5. The van der Waals surface area contributed by atoms with Crippen LogP contribution in [-0.2, 0) is 10.0 Å². The molecule has 3 aromatic rings. The highest BCUT2D eigenvalue weighted by molar-refractivity contribution is 7.88.